The van der Waals surface area contributed by atoms with Crippen molar-refractivity contribution in [2.45, 2.75) is 6.42 Å². The number of fused-ring (bicyclic) bond motifs is 1. The Kier molecular flexibility index (Phi) is 6.89. The molecular formula is C18H24N4O5. The SMILES string of the molecule is COCCCN1C(=O)c2ccc(C(=O)NCCNC(=O)N(C)C)cc2C1=O. The van der Waals surface area contributed by atoms with E-state index < -0.39 is 5.91 Å². The number of hydrogen-bond donors (Lipinski definition) is 2. The van der Waals surface area contributed by atoms with Crippen molar-refractivity contribution in [1.82, 2.24) is 20.4 Å². The number of urea groups is 1. The number of rotatable bonds is 8. The van der Waals surface area contributed by atoms with Crippen LogP contribution in [0.5, 0.6) is 0 Å². The van der Waals surface area contributed by atoms with Crippen molar-refractivity contribution in [2.24, 2.45) is 0 Å². The molecule has 0 atom stereocenters. The molecule has 2 rings (SSSR count). The number of imide groups is 1. The van der Waals surface area contributed by atoms with Crippen LogP contribution in [0.3, 0.4) is 0 Å². The minimum absolute atomic E-state index is 0.228. The van der Waals surface area contributed by atoms with E-state index in [1.54, 1.807) is 21.2 Å². The first-order valence-corrected chi connectivity index (χ1v) is 8.59. The molecular weight excluding hydrogens is 352 g/mol. The second-order valence-corrected chi connectivity index (χ2v) is 6.25. The van der Waals surface area contributed by atoms with E-state index in [9.17, 15) is 19.2 Å². The largest absolute Gasteiger partial charge is 0.385 e. The minimum Gasteiger partial charge on any atom is -0.385 e. The van der Waals surface area contributed by atoms with Crippen LogP contribution in [0, 0.1) is 0 Å². The van der Waals surface area contributed by atoms with E-state index in [2.05, 4.69) is 10.6 Å². The summed E-state index contributed by atoms with van der Waals surface area (Å²) in [7, 11) is 4.80. The topological polar surface area (TPSA) is 108 Å². The summed E-state index contributed by atoms with van der Waals surface area (Å²) in [5.74, 6) is -1.14. The van der Waals surface area contributed by atoms with Crippen LogP contribution < -0.4 is 10.6 Å². The second kappa shape index (κ2) is 9.13. The van der Waals surface area contributed by atoms with Crippen molar-refractivity contribution in [3.05, 3.63) is 34.9 Å². The van der Waals surface area contributed by atoms with Gasteiger partial charge in [0, 0.05) is 53.0 Å². The lowest BCUT2D eigenvalue weighted by molar-refractivity contribution is 0.0638. The Bertz CT molecular complexity index is 747. The average molecular weight is 376 g/mol. The molecule has 0 aliphatic carbocycles. The molecule has 1 aliphatic heterocycles. The summed E-state index contributed by atoms with van der Waals surface area (Å²) >= 11 is 0. The smallest absolute Gasteiger partial charge is 0.316 e. The summed E-state index contributed by atoms with van der Waals surface area (Å²) in [5.41, 5.74) is 0.811. The van der Waals surface area contributed by atoms with E-state index in [1.807, 2.05) is 0 Å². The standard InChI is InChI=1S/C18H24N4O5/c1-21(2)18(26)20-8-7-19-15(23)12-5-6-13-14(11-12)17(25)22(16(13)24)9-4-10-27-3/h5-6,11H,4,7-10H2,1-3H3,(H,19,23)(H,20,26). The third-order valence-corrected chi connectivity index (χ3v) is 4.06. The van der Waals surface area contributed by atoms with Crippen molar-refractivity contribution >= 4 is 23.8 Å². The minimum atomic E-state index is -0.404. The van der Waals surface area contributed by atoms with Crippen molar-refractivity contribution in [3.8, 4) is 0 Å². The summed E-state index contributed by atoms with van der Waals surface area (Å²) in [6, 6.07) is 4.18. The molecule has 0 spiro atoms. The molecule has 0 aromatic heterocycles. The normalized spacial score (nSPS) is 12.8. The first-order valence-electron chi connectivity index (χ1n) is 8.59. The number of methoxy groups -OCH3 is 1. The molecule has 9 heteroatoms. The van der Waals surface area contributed by atoms with Crippen LogP contribution in [0.2, 0.25) is 0 Å². The lowest BCUT2D eigenvalue weighted by atomic mass is 10.1. The fraction of sp³-hybridized carbons (Fsp3) is 0.444. The van der Waals surface area contributed by atoms with Crippen molar-refractivity contribution < 1.29 is 23.9 Å². The van der Waals surface area contributed by atoms with E-state index in [0.29, 0.717) is 18.6 Å². The van der Waals surface area contributed by atoms with Gasteiger partial charge in [-0.2, -0.15) is 0 Å². The molecule has 2 N–H and O–H groups in total. The third kappa shape index (κ3) is 4.82. The maximum atomic E-state index is 12.5. The predicted octanol–water partition coefficient (Wildman–Crippen LogP) is 0.320. The highest BCUT2D eigenvalue weighted by Crippen LogP contribution is 2.24. The maximum Gasteiger partial charge on any atom is 0.316 e. The Labute approximate surface area is 157 Å². The molecule has 0 unspecified atom stereocenters. The Balaban J connectivity index is 1.96. The fourth-order valence-corrected chi connectivity index (χ4v) is 2.61. The Morgan fingerprint density at radius 3 is 2.41 bits per heavy atom. The molecule has 1 heterocycles. The van der Waals surface area contributed by atoms with Crippen molar-refractivity contribution in [2.75, 3.05) is 47.4 Å². The highest BCUT2D eigenvalue weighted by atomic mass is 16.5. The zero-order valence-corrected chi connectivity index (χ0v) is 15.7. The van der Waals surface area contributed by atoms with Gasteiger partial charge in [0.15, 0.2) is 0 Å². The Morgan fingerprint density at radius 2 is 1.74 bits per heavy atom. The fourth-order valence-electron chi connectivity index (χ4n) is 2.61. The number of carbonyl (C=O) groups excluding carboxylic acids is 4. The Hall–Kier alpha value is -2.94. The molecule has 0 saturated heterocycles. The summed E-state index contributed by atoms with van der Waals surface area (Å²) in [6.07, 6.45) is 0.550. The first-order chi connectivity index (χ1) is 12.9. The van der Waals surface area contributed by atoms with Crippen molar-refractivity contribution in [1.29, 1.82) is 0 Å². The summed E-state index contributed by atoms with van der Waals surface area (Å²) in [4.78, 5) is 51.0. The van der Waals surface area contributed by atoms with Gasteiger partial charge in [-0.15, -0.1) is 0 Å². The number of amides is 5. The summed E-state index contributed by atoms with van der Waals surface area (Å²) in [6.45, 7) is 1.24. The van der Waals surface area contributed by atoms with E-state index in [1.165, 1.54) is 28.0 Å². The second-order valence-electron chi connectivity index (χ2n) is 6.25. The number of hydrogen-bond acceptors (Lipinski definition) is 5. The van der Waals surface area contributed by atoms with Crippen LogP contribution in [-0.4, -0.2) is 81.0 Å². The lowest BCUT2D eigenvalue weighted by Gasteiger charge is -2.12. The molecule has 0 saturated carbocycles. The van der Waals surface area contributed by atoms with E-state index in [0.717, 1.165) is 0 Å². The summed E-state index contributed by atoms with van der Waals surface area (Å²) < 4.78 is 4.94. The third-order valence-electron chi connectivity index (χ3n) is 4.06. The first kappa shape index (κ1) is 20.4. The average Bonchev–Trinajstić information content (AvgIpc) is 2.89. The van der Waals surface area contributed by atoms with E-state index in [-0.39, 0.29) is 48.6 Å². The van der Waals surface area contributed by atoms with Gasteiger partial charge in [-0.05, 0) is 24.6 Å². The van der Waals surface area contributed by atoms with Crippen molar-refractivity contribution in [3.63, 3.8) is 0 Å². The van der Waals surface area contributed by atoms with Crippen LogP contribution in [0.25, 0.3) is 0 Å². The van der Waals surface area contributed by atoms with Gasteiger partial charge in [0.2, 0.25) is 0 Å². The van der Waals surface area contributed by atoms with Gasteiger partial charge in [0.1, 0.15) is 0 Å². The molecule has 1 aromatic rings. The van der Waals surface area contributed by atoms with Gasteiger partial charge in [-0.1, -0.05) is 0 Å². The zero-order valence-electron chi connectivity index (χ0n) is 15.7. The molecule has 0 fully saturated rings. The predicted molar refractivity (Wildman–Crippen MR) is 97.7 cm³/mol. The lowest BCUT2D eigenvalue weighted by Crippen LogP contribution is -2.39. The molecule has 9 nitrogen and oxygen atoms in total. The molecule has 27 heavy (non-hydrogen) atoms. The zero-order chi connectivity index (χ0) is 20.0. The van der Waals surface area contributed by atoms with Crippen LogP contribution in [0.15, 0.2) is 18.2 Å². The molecule has 1 aromatic carbocycles. The van der Waals surface area contributed by atoms with Crippen LogP contribution in [0.1, 0.15) is 37.5 Å². The molecule has 0 bridgehead atoms. The number of ether oxygens (including phenoxy) is 1. The van der Waals surface area contributed by atoms with Gasteiger partial charge >= 0.3 is 6.03 Å². The van der Waals surface area contributed by atoms with Gasteiger partial charge in [0.05, 0.1) is 11.1 Å². The Morgan fingerprint density at radius 1 is 1.07 bits per heavy atom. The van der Waals surface area contributed by atoms with Gasteiger partial charge in [-0.3, -0.25) is 19.3 Å². The summed E-state index contributed by atoms with van der Waals surface area (Å²) in [5, 5.41) is 5.30. The molecule has 1 aliphatic rings. The van der Waals surface area contributed by atoms with Gasteiger partial charge in [-0.25, -0.2) is 4.79 Å². The van der Waals surface area contributed by atoms with Crippen LogP contribution in [0.4, 0.5) is 4.79 Å². The molecule has 5 amide bonds. The van der Waals surface area contributed by atoms with E-state index >= 15 is 0 Å². The highest BCUT2D eigenvalue weighted by Gasteiger charge is 2.35. The number of nitrogens with zero attached hydrogens (tertiary/aromatic N) is 2. The monoisotopic (exact) mass is 376 g/mol. The van der Waals surface area contributed by atoms with Gasteiger partial charge in [0.25, 0.3) is 17.7 Å². The maximum absolute atomic E-state index is 12.5. The molecule has 0 radical (unpaired) electrons. The number of nitrogens with one attached hydrogen (secondary N) is 2. The number of carbonyl (C=O) groups is 4. The van der Waals surface area contributed by atoms with Crippen LogP contribution in [-0.2, 0) is 4.74 Å². The quantitative estimate of drug-likeness (QED) is 0.502. The highest BCUT2D eigenvalue weighted by molar-refractivity contribution is 6.22. The van der Waals surface area contributed by atoms with E-state index in [4.69, 9.17) is 4.74 Å². The molecule has 146 valence electrons. The van der Waals surface area contributed by atoms with Crippen LogP contribution >= 0.6 is 0 Å². The van der Waals surface area contributed by atoms with Gasteiger partial charge < -0.3 is 20.3 Å². The number of benzene rings is 1.